The Morgan fingerprint density at radius 2 is 1.06 bits per heavy atom. The molecule has 184 valence electrons. The van der Waals surface area contributed by atoms with Crippen LogP contribution in [0.2, 0.25) is 0 Å². The van der Waals surface area contributed by atoms with E-state index in [4.69, 9.17) is 0 Å². The lowest BCUT2D eigenvalue weighted by molar-refractivity contribution is 0.0646. The molecule has 0 aromatic heterocycles. The molecule has 0 bridgehead atoms. The highest BCUT2D eigenvalue weighted by molar-refractivity contribution is 5.06. The van der Waals surface area contributed by atoms with E-state index in [1.807, 2.05) is 0 Å². The van der Waals surface area contributed by atoms with Crippen LogP contribution in [0.3, 0.4) is 0 Å². The first-order chi connectivity index (χ1) is 15.7. The zero-order chi connectivity index (χ0) is 22.7. The SMILES string of the molecule is CCCCCCC[C@H]1CC[C@@](C#N)([C@H]2CC[C@@H]([C@H]3CC[C@H](CCCCC)CC3)CC2)CC1. The zero-order valence-corrected chi connectivity index (χ0v) is 21.9. The van der Waals surface area contributed by atoms with Gasteiger partial charge in [0.2, 0.25) is 0 Å². The average molecular weight is 442 g/mol. The molecule has 1 heteroatoms. The lowest BCUT2D eigenvalue weighted by Gasteiger charge is -2.45. The maximum absolute atomic E-state index is 10.2. The van der Waals surface area contributed by atoms with Gasteiger partial charge in [0.25, 0.3) is 0 Å². The molecule has 0 aromatic rings. The monoisotopic (exact) mass is 441 g/mol. The van der Waals surface area contributed by atoms with Crippen molar-refractivity contribution in [2.24, 2.45) is 35.0 Å². The molecule has 0 unspecified atom stereocenters. The molecule has 0 saturated heterocycles. The van der Waals surface area contributed by atoms with Crippen molar-refractivity contribution in [2.45, 2.75) is 155 Å². The number of nitriles is 1. The number of rotatable bonds is 12. The second-order valence-electron chi connectivity index (χ2n) is 12.3. The summed E-state index contributed by atoms with van der Waals surface area (Å²) in [5.74, 6) is 4.66. The predicted octanol–water partition coefficient (Wildman–Crippen LogP) is 10.2. The molecule has 3 aliphatic carbocycles. The van der Waals surface area contributed by atoms with Crippen LogP contribution in [0.25, 0.3) is 0 Å². The van der Waals surface area contributed by atoms with E-state index in [1.165, 1.54) is 141 Å². The van der Waals surface area contributed by atoms with Crippen LogP contribution in [0, 0.1) is 46.3 Å². The molecule has 0 spiro atoms. The molecule has 0 atom stereocenters. The van der Waals surface area contributed by atoms with Crippen LogP contribution in [0.1, 0.15) is 155 Å². The van der Waals surface area contributed by atoms with Crippen molar-refractivity contribution in [3.63, 3.8) is 0 Å². The van der Waals surface area contributed by atoms with Gasteiger partial charge in [-0.05, 0) is 93.8 Å². The second kappa shape index (κ2) is 14.0. The molecule has 0 N–H and O–H groups in total. The summed E-state index contributed by atoms with van der Waals surface area (Å²) in [6.07, 6.45) is 30.9. The number of nitrogens with zero attached hydrogens (tertiary/aromatic N) is 1. The zero-order valence-electron chi connectivity index (χ0n) is 21.9. The van der Waals surface area contributed by atoms with Gasteiger partial charge in [0.1, 0.15) is 0 Å². The largest absolute Gasteiger partial charge is 0.198 e. The van der Waals surface area contributed by atoms with Crippen molar-refractivity contribution in [2.75, 3.05) is 0 Å². The highest BCUT2D eigenvalue weighted by Crippen LogP contribution is 2.52. The van der Waals surface area contributed by atoms with Crippen molar-refractivity contribution >= 4 is 0 Å². The Balaban J connectivity index is 1.36. The third-order valence-corrected chi connectivity index (χ3v) is 10.3. The quantitative estimate of drug-likeness (QED) is 0.276. The van der Waals surface area contributed by atoms with Gasteiger partial charge in [-0.15, -0.1) is 0 Å². The molecule has 3 aliphatic rings. The van der Waals surface area contributed by atoms with Crippen molar-refractivity contribution < 1.29 is 0 Å². The van der Waals surface area contributed by atoms with Crippen molar-refractivity contribution in [1.29, 1.82) is 5.26 Å². The Morgan fingerprint density at radius 1 is 0.594 bits per heavy atom. The van der Waals surface area contributed by atoms with Crippen LogP contribution in [0.15, 0.2) is 0 Å². The third kappa shape index (κ3) is 7.50. The van der Waals surface area contributed by atoms with E-state index in [0.717, 1.165) is 23.7 Å². The summed E-state index contributed by atoms with van der Waals surface area (Å²) in [6.45, 7) is 4.63. The maximum Gasteiger partial charge on any atom is 0.0692 e. The summed E-state index contributed by atoms with van der Waals surface area (Å²) in [5, 5.41) is 10.2. The van der Waals surface area contributed by atoms with Gasteiger partial charge >= 0.3 is 0 Å². The minimum Gasteiger partial charge on any atom is -0.198 e. The van der Waals surface area contributed by atoms with Gasteiger partial charge < -0.3 is 0 Å². The first-order valence-electron chi connectivity index (χ1n) is 15.1. The minimum absolute atomic E-state index is 0.0423. The molecule has 3 fully saturated rings. The van der Waals surface area contributed by atoms with Gasteiger partial charge in [-0.1, -0.05) is 90.9 Å². The predicted molar refractivity (Wildman–Crippen MR) is 138 cm³/mol. The fraction of sp³-hybridized carbons (Fsp3) is 0.968. The van der Waals surface area contributed by atoms with Gasteiger partial charge in [0, 0.05) is 0 Å². The van der Waals surface area contributed by atoms with Gasteiger partial charge in [-0.2, -0.15) is 5.26 Å². The minimum atomic E-state index is 0.0423. The first-order valence-corrected chi connectivity index (χ1v) is 15.1. The molecule has 3 rings (SSSR count). The first kappa shape index (κ1) is 26.1. The summed E-state index contributed by atoms with van der Waals surface area (Å²) in [4.78, 5) is 0. The molecule has 0 aromatic carbocycles. The van der Waals surface area contributed by atoms with E-state index >= 15 is 0 Å². The van der Waals surface area contributed by atoms with E-state index in [0.29, 0.717) is 5.92 Å². The van der Waals surface area contributed by atoms with Gasteiger partial charge in [-0.25, -0.2) is 0 Å². The summed E-state index contributed by atoms with van der Waals surface area (Å²) >= 11 is 0. The van der Waals surface area contributed by atoms with E-state index < -0.39 is 0 Å². The van der Waals surface area contributed by atoms with Gasteiger partial charge in [0.05, 0.1) is 11.5 Å². The summed E-state index contributed by atoms with van der Waals surface area (Å²) < 4.78 is 0. The maximum atomic E-state index is 10.2. The van der Waals surface area contributed by atoms with Crippen LogP contribution in [-0.2, 0) is 0 Å². The summed E-state index contributed by atoms with van der Waals surface area (Å²) in [6, 6.07) is 2.92. The molecule has 0 aliphatic heterocycles. The molecule has 0 heterocycles. The molecular weight excluding hydrogens is 386 g/mol. The van der Waals surface area contributed by atoms with Gasteiger partial charge in [-0.3, -0.25) is 0 Å². The number of hydrogen-bond donors (Lipinski definition) is 0. The fourth-order valence-electron chi connectivity index (χ4n) is 7.90. The summed E-state index contributed by atoms with van der Waals surface area (Å²) in [5.41, 5.74) is 0.0423. The van der Waals surface area contributed by atoms with Crippen LogP contribution >= 0.6 is 0 Å². The van der Waals surface area contributed by atoms with Crippen molar-refractivity contribution in [3.05, 3.63) is 0 Å². The topological polar surface area (TPSA) is 23.8 Å². The molecule has 3 saturated carbocycles. The molecule has 32 heavy (non-hydrogen) atoms. The Bertz CT molecular complexity index is 521. The smallest absolute Gasteiger partial charge is 0.0692 e. The molecular formula is C31H55N. The molecule has 0 radical (unpaired) electrons. The van der Waals surface area contributed by atoms with Crippen LogP contribution < -0.4 is 0 Å². The van der Waals surface area contributed by atoms with E-state index in [1.54, 1.807) is 0 Å². The van der Waals surface area contributed by atoms with Crippen molar-refractivity contribution in [1.82, 2.24) is 0 Å². The second-order valence-corrected chi connectivity index (χ2v) is 12.3. The third-order valence-electron chi connectivity index (χ3n) is 10.3. The van der Waals surface area contributed by atoms with Gasteiger partial charge in [0.15, 0.2) is 0 Å². The average Bonchev–Trinajstić information content (AvgIpc) is 2.85. The number of hydrogen-bond acceptors (Lipinski definition) is 1. The molecule has 1 nitrogen and oxygen atoms in total. The van der Waals surface area contributed by atoms with Crippen molar-refractivity contribution in [3.8, 4) is 6.07 Å². The lowest BCUT2D eigenvalue weighted by Crippen LogP contribution is -2.37. The van der Waals surface area contributed by atoms with E-state index in [2.05, 4.69) is 19.9 Å². The van der Waals surface area contributed by atoms with E-state index in [-0.39, 0.29) is 5.41 Å². The Kier molecular flexibility index (Phi) is 11.4. The normalized spacial score (nSPS) is 36.0. The summed E-state index contributed by atoms with van der Waals surface area (Å²) in [7, 11) is 0. The van der Waals surface area contributed by atoms with Crippen LogP contribution in [0.4, 0.5) is 0 Å². The molecule has 0 amide bonds. The number of unbranched alkanes of at least 4 members (excludes halogenated alkanes) is 6. The standard InChI is InChI=1S/C31H55N/c1-3-5-7-8-10-12-27-21-23-31(25-32,24-22-27)30-19-17-29(18-20-30)28-15-13-26(14-16-28)11-9-6-4-2/h26-30H,3-24H2,1-2H3/t26-,27-,28-,29-,30+,31+. The fourth-order valence-corrected chi connectivity index (χ4v) is 7.90. The Hall–Kier alpha value is -0.510. The highest BCUT2D eigenvalue weighted by Gasteiger charge is 2.44. The Labute approximate surface area is 201 Å². The van der Waals surface area contributed by atoms with Crippen LogP contribution in [0.5, 0.6) is 0 Å². The lowest BCUT2D eigenvalue weighted by atomic mass is 9.58. The van der Waals surface area contributed by atoms with Crippen LogP contribution in [-0.4, -0.2) is 0 Å². The highest BCUT2D eigenvalue weighted by atomic mass is 14.5. The van der Waals surface area contributed by atoms with E-state index in [9.17, 15) is 5.26 Å². The Morgan fingerprint density at radius 3 is 1.62 bits per heavy atom.